The van der Waals surface area contributed by atoms with Crippen molar-refractivity contribution in [3.8, 4) is 12.3 Å². The van der Waals surface area contributed by atoms with Crippen LogP contribution in [0.5, 0.6) is 0 Å². The largest absolute Gasteiger partial charge is 0.314 e. The fraction of sp³-hybridized carbons (Fsp3) is 0.857. The molecule has 1 saturated carbocycles. The Morgan fingerprint density at radius 3 is 2.93 bits per heavy atom. The fourth-order valence-electron chi connectivity index (χ4n) is 2.51. The van der Waals surface area contributed by atoms with Crippen LogP contribution in [0, 0.1) is 18.3 Å². The van der Waals surface area contributed by atoms with Crippen molar-refractivity contribution in [2.45, 2.75) is 64.3 Å². The SMILES string of the molecule is C#CCCCCNC1CCCC(CC)C1. The fourth-order valence-corrected chi connectivity index (χ4v) is 2.51. The van der Waals surface area contributed by atoms with Crippen LogP contribution in [0.3, 0.4) is 0 Å². The zero-order chi connectivity index (χ0) is 10.9. The van der Waals surface area contributed by atoms with Gasteiger partial charge in [0.1, 0.15) is 0 Å². The van der Waals surface area contributed by atoms with Gasteiger partial charge in [0.05, 0.1) is 0 Å². The average molecular weight is 207 g/mol. The van der Waals surface area contributed by atoms with Crippen LogP contribution in [-0.4, -0.2) is 12.6 Å². The summed E-state index contributed by atoms with van der Waals surface area (Å²) in [7, 11) is 0. The molecule has 1 rings (SSSR count). The molecule has 0 amide bonds. The van der Waals surface area contributed by atoms with Crippen molar-refractivity contribution >= 4 is 0 Å². The molecular formula is C14H25N. The zero-order valence-electron chi connectivity index (χ0n) is 10.1. The molecule has 0 radical (unpaired) electrons. The van der Waals surface area contributed by atoms with E-state index in [1.54, 1.807) is 0 Å². The van der Waals surface area contributed by atoms with E-state index in [-0.39, 0.29) is 0 Å². The van der Waals surface area contributed by atoms with Crippen molar-refractivity contribution < 1.29 is 0 Å². The predicted molar refractivity (Wildman–Crippen MR) is 66.7 cm³/mol. The second-order valence-electron chi connectivity index (χ2n) is 4.75. The summed E-state index contributed by atoms with van der Waals surface area (Å²) in [6.45, 7) is 3.47. The molecule has 1 fully saturated rings. The molecule has 1 aliphatic carbocycles. The third-order valence-corrected chi connectivity index (χ3v) is 3.54. The second kappa shape index (κ2) is 7.77. The molecule has 0 aromatic heterocycles. The van der Waals surface area contributed by atoms with Gasteiger partial charge in [0, 0.05) is 12.5 Å². The lowest BCUT2D eigenvalue weighted by Crippen LogP contribution is -2.34. The smallest absolute Gasteiger partial charge is 0.00865 e. The average Bonchev–Trinajstić information content (AvgIpc) is 2.29. The Hall–Kier alpha value is -0.480. The van der Waals surface area contributed by atoms with Gasteiger partial charge in [-0.25, -0.2) is 0 Å². The first kappa shape index (κ1) is 12.6. The molecule has 0 saturated heterocycles. The lowest BCUT2D eigenvalue weighted by molar-refractivity contribution is 0.279. The van der Waals surface area contributed by atoms with Gasteiger partial charge in [0.15, 0.2) is 0 Å². The molecule has 2 atom stereocenters. The maximum atomic E-state index is 5.22. The standard InChI is InChI=1S/C14H25N/c1-3-5-6-7-11-15-14-10-8-9-13(4-2)12-14/h1,13-15H,4-12H2,2H3. The van der Waals surface area contributed by atoms with Crippen LogP contribution in [0.4, 0.5) is 0 Å². The third-order valence-electron chi connectivity index (χ3n) is 3.54. The number of hydrogen-bond acceptors (Lipinski definition) is 1. The summed E-state index contributed by atoms with van der Waals surface area (Å²) < 4.78 is 0. The van der Waals surface area contributed by atoms with Crippen LogP contribution in [0.25, 0.3) is 0 Å². The Labute approximate surface area is 95.0 Å². The molecule has 0 spiro atoms. The van der Waals surface area contributed by atoms with Gasteiger partial charge in [-0.2, -0.15) is 0 Å². The Kier molecular flexibility index (Phi) is 6.52. The highest BCUT2D eigenvalue weighted by molar-refractivity contribution is 4.83. The Bertz CT molecular complexity index is 192. The highest BCUT2D eigenvalue weighted by Gasteiger charge is 2.19. The third kappa shape index (κ3) is 5.23. The van der Waals surface area contributed by atoms with Gasteiger partial charge >= 0.3 is 0 Å². The van der Waals surface area contributed by atoms with Crippen LogP contribution in [0.1, 0.15) is 58.3 Å². The van der Waals surface area contributed by atoms with E-state index < -0.39 is 0 Å². The first-order chi connectivity index (χ1) is 7.36. The quantitative estimate of drug-likeness (QED) is 0.520. The Balaban J connectivity index is 2.03. The van der Waals surface area contributed by atoms with E-state index in [4.69, 9.17) is 6.42 Å². The van der Waals surface area contributed by atoms with Gasteiger partial charge in [0.2, 0.25) is 0 Å². The molecule has 15 heavy (non-hydrogen) atoms. The minimum atomic E-state index is 0.787. The van der Waals surface area contributed by atoms with E-state index in [0.29, 0.717) is 0 Å². The number of unbranched alkanes of at least 4 members (excludes halogenated alkanes) is 2. The summed E-state index contributed by atoms with van der Waals surface area (Å²) in [5.41, 5.74) is 0. The molecule has 0 aliphatic heterocycles. The molecule has 1 nitrogen and oxygen atoms in total. The summed E-state index contributed by atoms with van der Waals surface area (Å²) in [5, 5.41) is 3.68. The van der Waals surface area contributed by atoms with Gasteiger partial charge in [0.25, 0.3) is 0 Å². The van der Waals surface area contributed by atoms with Crippen LogP contribution in [0.2, 0.25) is 0 Å². The van der Waals surface area contributed by atoms with E-state index in [1.165, 1.54) is 44.9 Å². The van der Waals surface area contributed by atoms with Gasteiger partial charge in [-0.3, -0.25) is 0 Å². The normalized spacial score (nSPS) is 26.1. The Morgan fingerprint density at radius 2 is 2.20 bits per heavy atom. The van der Waals surface area contributed by atoms with Crippen LogP contribution < -0.4 is 5.32 Å². The van der Waals surface area contributed by atoms with E-state index in [9.17, 15) is 0 Å². The Morgan fingerprint density at radius 1 is 1.33 bits per heavy atom. The highest BCUT2D eigenvalue weighted by Crippen LogP contribution is 2.26. The van der Waals surface area contributed by atoms with Crippen molar-refractivity contribution in [1.29, 1.82) is 0 Å². The minimum absolute atomic E-state index is 0.787. The number of rotatable bonds is 6. The van der Waals surface area contributed by atoms with Crippen molar-refractivity contribution in [2.24, 2.45) is 5.92 Å². The van der Waals surface area contributed by atoms with E-state index in [0.717, 1.165) is 24.9 Å². The van der Waals surface area contributed by atoms with Gasteiger partial charge in [-0.15, -0.1) is 12.3 Å². The maximum absolute atomic E-state index is 5.22. The van der Waals surface area contributed by atoms with E-state index in [1.807, 2.05) is 0 Å². The van der Waals surface area contributed by atoms with Crippen molar-refractivity contribution in [1.82, 2.24) is 5.32 Å². The van der Waals surface area contributed by atoms with E-state index in [2.05, 4.69) is 18.2 Å². The molecule has 0 bridgehead atoms. The lowest BCUT2D eigenvalue weighted by atomic mass is 9.84. The summed E-state index contributed by atoms with van der Waals surface area (Å²) in [4.78, 5) is 0. The van der Waals surface area contributed by atoms with Gasteiger partial charge < -0.3 is 5.32 Å². The van der Waals surface area contributed by atoms with Crippen molar-refractivity contribution in [3.05, 3.63) is 0 Å². The zero-order valence-corrected chi connectivity index (χ0v) is 10.1. The molecule has 0 heterocycles. The maximum Gasteiger partial charge on any atom is 0.00865 e. The molecular weight excluding hydrogens is 182 g/mol. The minimum Gasteiger partial charge on any atom is -0.314 e. The van der Waals surface area contributed by atoms with Crippen molar-refractivity contribution in [2.75, 3.05) is 6.54 Å². The molecule has 2 unspecified atom stereocenters. The van der Waals surface area contributed by atoms with Gasteiger partial charge in [-0.1, -0.05) is 26.2 Å². The molecule has 86 valence electrons. The summed E-state index contributed by atoms with van der Waals surface area (Å²) in [6, 6.07) is 0.787. The summed E-state index contributed by atoms with van der Waals surface area (Å²) in [5.74, 6) is 3.67. The topological polar surface area (TPSA) is 12.0 Å². The van der Waals surface area contributed by atoms with Crippen LogP contribution in [0.15, 0.2) is 0 Å². The van der Waals surface area contributed by atoms with Crippen molar-refractivity contribution in [3.63, 3.8) is 0 Å². The summed E-state index contributed by atoms with van der Waals surface area (Å²) in [6.07, 6.45) is 15.6. The molecule has 0 aromatic carbocycles. The number of terminal acetylenes is 1. The highest BCUT2D eigenvalue weighted by atomic mass is 14.9. The molecule has 1 N–H and O–H groups in total. The van der Waals surface area contributed by atoms with Crippen LogP contribution >= 0.6 is 0 Å². The van der Waals surface area contributed by atoms with Gasteiger partial charge in [-0.05, 0) is 38.1 Å². The molecule has 0 aromatic rings. The number of nitrogens with one attached hydrogen (secondary N) is 1. The number of hydrogen-bond donors (Lipinski definition) is 1. The lowest BCUT2D eigenvalue weighted by Gasteiger charge is -2.29. The second-order valence-corrected chi connectivity index (χ2v) is 4.75. The monoisotopic (exact) mass is 207 g/mol. The van der Waals surface area contributed by atoms with Crippen LogP contribution in [-0.2, 0) is 0 Å². The first-order valence-electron chi connectivity index (χ1n) is 6.53. The summed E-state index contributed by atoms with van der Waals surface area (Å²) >= 11 is 0. The van der Waals surface area contributed by atoms with E-state index >= 15 is 0 Å². The first-order valence-corrected chi connectivity index (χ1v) is 6.53. The predicted octanol–water partition coefficient (Wildman–Crippen LogP) is 3.35. The molecule has 1 aliphatic rings. The molecule has 1 heteroatoms.